The number of nitrogens with zero attached hydrogens (tertiary/aromatic N) is 1. The first-order chi connectivity index (χ1) is 15.5. The summed E-state index contributed by atoms with van der Waals surface area (Å²) in [5.74, 6) is -0.276. The van der Waals surface area contributed by atoms with Crippen molar-refractivity contribution in [3.05, 3.63) is 106 Å². The van der Waals surface area contributed by atoms with Crippen LogP contribution in [0, 0.1) is 6.92 Å². The van der Waals surface area contributed by atoms with Crippen molar-refractivity contribution >= 4 is 23.4 Å². The summed E-state index contributed by atoms with van der Waals surface area (Å²) in [6, 6.07) is 24.5. The predicted molar refractivity (Wildman–Crippen MR) is 130 cm³/mol. The van der Waals surface area contributed by atoms with Crippen molar-refractivity contribution in [2.75, 3.05) is 6.54 Å². The normalized spacial score (nSPS) is 11.6. The molecule has 3 rings (SSSR count). The Morgan fingerprint density at radius 2 is 1.56 bits per heavy atom. The van der Waals surface area contributed by atoms with Gasteiger partial charge in [0, 0.05) is 24.5 Å². The van der Waals surface area contributed by atoms with Crippen LogP contribution in [0.2, 0.25) is 5.02 Å². The third-order valence-corrected chi connectivity index (χ3v) is 5.77. The maximum atomic E-state index is 13.6. The molecule has 3 aromatic carbocycles. The van der Waals surface area contributed by atoms with Crippen LogP contribution in [-0.4, -0.2) is 29.3 Å². The van der Waals surface area contributed by atoms with Gasteiger partial charge in [0.1, 0.15) is 6.04 Å². The van der Waals surface area contributed by atoms with Gasteiger partial charge < -0.3 is 10.2 Å². The van der Waals surface area contributed by atoms with E-state index in [-0.39, 0.29) is 24.8 Å². The lowest BCUT2D eigenvalue weighted by atomic mass is 10.0. The quantitative estimate of drug-likeness (QED) is 0.502. The first kappa shape index (κ1) is 23.6. The van der Waals surface area contributed by atoms with Gasteiger partial charge in [0.25, 0.3) is 0 Å². The van der Waals surface area contributed by atoms with Crippen molar-refractivity contribution in [1.82, 2.24) is 10.2 Å². The molecule has 0 radical (unpaired) electrons. The molecule has 2 amide bonds. The molecule has 0 aliphatic rings. The Bertz CT molecular complexity index is 1040. The molecule has 32 heavy (non-hydrogen) atoms. The van der Waals surface area contributed by atoms with E-state index in [1.54, 1.807) is 11.0 Å². The highest BCUT2D eigenvalue weighted by atomic mass is 35.5. The molecule has 0 bridgehead atoms. The lowest BCUT2D eigenvalue weighted by Crippen LogP contribution is -2.51. The van der Waals surface area contributed by atoms with E-state index >= 15 is 0 Å². The molecule has 0 aliphatic carbocycles. The van der Waals surface area contributed by atoms with Crippen LogP contribution in [0.5, 0.6) is 0 Å². The van der Waals surface area contributed by atoms with Gasteiger partial charge >= 0.3 is 0 Å². The minimum Gasteiger partial charge on any atom is -0.355 e. The molecule has 5 heteroatoms. The average molecular weight is 449 g/mol. The Kier molecular flexibility index (Phi) is 8.46. The molecule has 166 valence electrons. The molecule has 0 heterocycles. The number of hydrogen-bond acceptors (Lipinski definition) is 2. The van der Waals surface area contributed by atoms with Gasteiger partial charge in [0.05, 0.1) is 6.42 Å². The highest BCUT2D eigenvalue weighted by Crippen LogP contribution is 2.21. The molecule has 3 aromatic rings. The van der Waals surface area contributed by atoms with E-state index in [0.717, 1.165) is 22.3 Å². The first-order valence-electron chi connectivity index (χ1n) is 10.9. The molecule has 0 unspecified atom stereocenters. The van der Waals surface area contributed by atoms with Crippen molar-refractivity contribution in [1.29, 1.82) is 0 Å². The maximum Gasteiger partial charge on any atom is 0.243 e. The van der Waals surface area contributed by atoms with Crippen LogP contribution in [0.4, 0.5) is 0 Å². The second-order valence-electron chi connectivity index (χ2n) is 7.88. The molecule has 1 N–H and O–H groups in total. The number of carbonyl (C=O) groups is 2. The zero-order valence-corrected chi connectivity index (χ0v) is 19.3. The Hall–Kier alpha value is -3.11. The fraction of sp³-hybridized carbons (Fsp3) is 0.259. The van der Waals surface area contributed by atoms with E-state index in [4.69, 9.17) is 11.6 Å². The number of benzene rings is 3. The zero-order valence-electron chi connectivity index (χ0n) is 18.6. The van der Waals surface area contributed by atoms with Crippen molar-refractivity contribution < 1.29 is 9.59 Å². The highest BCUT2D eigenvalue weighted by Gasteiger charge is 2.30. The van der Waals surface area contributed by atoms with E-state index in [1.165, 1.54) is 0 Å². The maximum absolute atomic E-state index is 13.6. The SMILES string of the molecule is CCNC(=O)[C@@H](Cc1ccccc1)N(Cc1ccccc1Cl)C(=O)Cc1ccc(C)cc1. The summed E-state index contributed by atoms with van der Waals surface area (Å²) in [5.41, 5.74) is 3.86. The number of halogens is 1. The second kappa shape index (κ2) is 11.5. The van der Waals surface area contributed by atoms with E-state index in [1.807, 2.05) is 86.6 Å². The second-order valence-corrected chi connectivity index (χ2v) is 8.28. The van der Waals surface area contributed by atoms with E-state index in [0.29, 0.717) is 18.0 Å². The Morgan fingerprint density at radius 1 is 0.906 bits per heavy atom. The lowest BCUT2D eigenvalue weighted by molar-refractivity contribution is -0.140. The summed E-state index contributed by atoms with van der Waals surface area (Å²) < 4.78 is 0. The molecular formula is C27H29ClN2O2. The number of amides is 2. The Morgan fingerprint density at radius 3 is 2.22 bits per heavy atom. The van der Waals surface area contributed by atoms with Crippen LogP contribution < -0.4 is 5.32 Å². The molecule has 1 atom stereocenters. The molecule has 0 fully saturated rings. The number of hydrogen-bond donors (Lipinski definition) is 1. The first-order valence-corrected chi connectivity index (χ1v) is 11.3. The number of rotatable bonds is 9. The fourth-order valence-corrected chi connectivity index (χ4v) is 3.83. The molecule has 0 saturated carbocycles. The predicted octanol–water partition coefficient (Wildman–Crippen LogP) is 4.97. The standard InChI is InChI=1S/C27H29ClN2O2/c1-3-29-27(32)25(17-21-9-5-4-6-10-21)30(19-23-11-7-8-12-24(23)28)26(31)18-22-15-13-20(2)14-16-22/h4-16,25H,3,17-19H2,1-2H3,(H,29,32)/t25-/m1/s1. The van der Waals surface area contributed by atoms with Crippen molar-refractivity contribution in [3.63, 3.8) is 0 Å². The summed E-state index contributed by atoms with van der Waals surface area (Å²) in [5, 5.41) is 3.49. The van der Waals surface area contributed by atoms with E-state index < -0.39 is 6.04 Å². The Balaban J connectivity index is 1.95. The molecule has 0 aromatic heterocycles. The number of nitrogens with one attached hydrogen (secondary N) is 1. The number of aryl methyl sites for hydroxylation is 1. The molecule has 0 saturated heterocycles. The zero-order chi connectivity index (χ0) is 22.9. The van der Waals surface area contributed by atoms with E-state index in [9.17, 15) is 9.59 Å². The van der Waals surface area contributed by atoms with Gasteiger partial charge in [-0.15, -0.1) is 0 Å². The summed E-state index contributed by atoms with van der Waals surface area (Å²) in [6.45, 7) is 4.65. The van der Waals surface area contributed by atoms with Gasteiger partial charge in [-0.05, 0) is 36.6 Å². The fourth-order valence-electron chi connectivity index (χ4n) is 3.64. The van der Waals surface area contributed by atoms with Crippen molar-refractivity contribution in [2.45, 2.75) is 39.3 Å². The van der Waals surface area contributed by atoms with Gasteiger partial charge in [-0.1, -0.05) is 90.0 Å². The third kappa shape index (κ3) is 6.44. The number of likely N-dealkylation sites (N-methyl/N-ethyl adjacent to an activating group) is 1. The molecule has 0 aliphatic heterocycles. The summed E-state index contributed by atoms with van der Waals surface area (Å²) in [6.07, 6.45) is 0.645. The Labute approximate surface area is 195 Å². The summed E-state index contributed by atoms with van der Waals surface area (Å²) in [4.78, 5) is 28.3. The lowest BCUT2D eigenvalue weighted by Gasteiger charge is -2.32. The van der Waals surface area contributed by atoms with Crippen LogP contribution in [0.1, 0.15) is 29.2 Å². The van der Waals surface area contributed by atoms with Gasteiger partial charge in [-0.2, -0.15) is 0 Å². The van der Waals surface area contributed by atoms with Gasteiger partial charge in [0.15, 0.2) is 0 Å². The van der Waals surface area contributed by atoms with Gasteiger partial charge in [-0.25, -0.2) is 0 Å². The molecule has 4 nitrogen and oxygen atoms in total. The molecule has 0 spiro atoms. The van der Waals surface area contributed by atoms with Crippen molar-refractivity contribution in [2.24, 2.45) is 0 Å². The van der Waals surface area contributed by atoms with Crippen LogP contribution in [0.3, 0.4) is 0 Å². The largest absolute Gasteiger partial charge is 0.355 e. The topological polar surface area (TPSA) is 49.4 Å². The minimum atomic E-state index is -0.647. The third-order valence-electron chi connectivity index (χ3n) is 5.40. The van der Waals surface area contributed by atoms with Crippen LogP contribution in [0.25, 0.3) is 0 Å². The average Bonchev–Trinajstić information content (AvgIpc) is 2.79. The van der Waals surface area contributed by atoms with Gasteiger partial charge in [0.2, 0.25) is 11.8 Å². The summed E-state index contributed by atoms with van der Waals surface area (Å²) >= 11 is 6.42. The van der Waals surface area contributed by atoms with Crippen LogP contribution in [-0.2, 0) is 29.0 Å². The minimum absolute atomic E-state index is 0.110. The smallest absolute Gasteiger partial charge is 0.243 e. The van der Waals surface area contributed by atoms with Gasteiger partial charge in [-0.3, -0.25) is 9.59 Å². The highest BCUT2D eigenvalue weighted by molar-refractivity contribution is 6.31. The monoisotopic (exact) mass is 448 g/mol. The van der Waals surface area contributed by atoms with E-state index in [2.05, 4.69) is 5.32 Å². The van der Waals surface area contributed by atoms with Crippen LogP contribution >= 0.6 is 11.6 Å². The van der Waals surface area contributed by atoms with Crippen LogP contribution in [0.15, 0.2) is 78.9 Å². The molecular weight excluding hydrogens is 420 g/mol. The number of carbonyl (C=O) groups excluding carboxylic acids is 2. The van der Waals surface area contributed by atoms with Crippen molar-refractivity contribution in [3.8, 4) is 0 Å². The summed E-state index contributed by atoms with van der Waals surface area (Å²) in [7, 11) is 0.